The number of carbonyl (C=O) groups is 2. The van der Waals surface area contributed by atoms with E-state index >= 15 is 0 Å². The van der Waals surface area contributed by atoms with Crippen LogP contribution in [0.3, 0.4) is 0 Å². The van der Waals surface area contributed by atoms with Gasteiger partial charge >= 0.3 is 5.97 Å². The summed E-state index contributed by atoms with van der Waals surface area (Å²) in [5, 5.41) is 3.34. The van der Waals surface area contributed by atoms with Gasteiger partial charge in [0.1, 0.15) is 5.00 Å². The standard InChI is InChI=1S/C25H33N3O5S2/c1-17(2)27-15-12-20-21(16-27)34-24(22(20)25(30)33-3)26-23(29)18-8-10-19(11-9-18)35(31,32)28-13-6-4-5-7-14-28/h8-11,17H,4-7,12-16H2,1-3H3,(H,26,29). The Morgan fingerprint density at radius 1 is 1.03 bits per heavy atom. The fourth-order valence-electron chi connectivity index (χ4n) is 4.65. The predicted molar refractivity (Wildman–Crippen MR) is 137 cm³/mol. The molecule has 1 aromatic carbocycles. The topological polar surface area (TPSA) is 96.0 Å². The lowest BCUT2D eigenvalue weighted by Crippen LogP contribution is -2.35. The molecule has 0 saturated carbocycles. The number of anilines is 1. The molecule has 2 aromatic rings. The quantitative estimate of drug-likeness (QED) is 0.577. The highest BCUT2D eigenvalue weighted by Gasteiger charge is 2.30. The van der Waals surface area contributed by atoms with Gasteiger partial charge in [0.15, 0.2) is 0 Å². The monoisotopic (exact) mass is 519 g/mol. The molecule has 190 valence electrons. The van der Waals surface area contributed by atoms with E-state index in [1.807, 2.05) is 0 Å². The molecule has 10 heteroatoms. The van der Waals surface area contributed by atoms with Gasteiger partial charge < -0.3 is 10.1 Å². The average molecular weight is 520 g/mol. The van der Waals surface area contributed by atoms with Crippen molar-refractivity contribution < 1.29 is 22.7 Å². The number of nitrogens with zero attached hydrogens (tertiary/aromatic N) is 2. The van der Waals surface area contributed by atoms with E-state index in [2.05, 4.69) is 24.1 Å². The first-order chi connectivity index (χ1) is 16.7. The van der Waals surface area contributed by atoms with Crippen molar-refractivity contribution in [3.8, 4) is 0 Å². The van der Waals surface area contributed by atoms with Gasteiger partial charge in [-0.3, -0.25) is 9.69 Å². The summed E-state index contributed by atoms with van der Waals surface area (Å²) in [6.45, 7) is 6.89. The van der Waals surface area contributed by atoms with E-state index in [0.29, 0.717) is 41.7 Å². The van der Waals surface area contributed by atoms with Gasteiger partial charge in [0.2, 0.25) is 10.0 Å². The minimum Gasteiger partial charge on any atom is -0.465 e. The van der Waals surface area contributed by atoms with Crippen molar-refractivity contribution in [2.45, 2.75) is 63.4 Å². The molecule has 0 spiro atoms. The molecule has 1 aromatic heterocycles. The van der Waals surface area contributed by atoms with Crippen LogP contribution in [-0.4, -0.2) is 62.3 Å². The summed E-state index contributed by atoms with van der Waals surface area (Å²) in [6, 6.07) is 6.39. The van der Waals surface area contributed by atoms with Crippen molar-refractivity contribution in [1.29, 1.82) is 0 Å². The Kier molecular flexibility index (Phi) is 7.95. The number of thiophene rings is 1. The van der Waals surface area contributed by atoms with E-state index in [-0.39, 0.29) is 4.90 Å². The Hall–Kier alpha value is -2.27. The number of carbonyl (C=O) groups excluding carboxylic acids is 2. The normalized spacial score (nSPS) is 17.6. The van der Waals surface area contributed by atoms with Crippen molar-refractivity contribution in [2.24, 2.45) is 0 Å². The van der Waals surface area contributed by atoms with Crippen molar-refractivity contribution in [3.05, 3.63) is 45.8 Å². The molecule has 8 nitrogen and oxygen atoms in total. The molecule has 1 N–H and O–H groups in total. The van der Waals surface area contributed by atoms with Crippen LogP contribution in [0, 0.1) is 0 Å². The minimum atomic E-state index is -3.58. The number of ether oxygens (including phenoxy) is 1. The van der Waals surface area contributed by atoms with Gasteiger partial charge in [-0.25, -0.2) is 13.2 Å². The predicted octanol–water partition coefficient (Wildman–Crippen LogP) is 4.12. The van der Waals surface area contributed by atoms with Gasteiger partial charge in [-0.2, -0.15) is 4.31 Å². The third kappa shape index (κ3) is 5.45. The van der Waals surface area contributed by atoms with Gasteiger partial charge in [0, 0.05) is 42.7 Å². The summed E-state index contributed by atoms with van der Waals surface area (Å²) in [6.07, 6.45) is 4.53. The number of hydrogen-bond donors (Lipinski definition) is 1. The fraction of sp³-hybridized carbons (Fsp3) is 0.520. The van der Waals surface area contributed by atoms with Gasteiger partial charge in [0.05, 0.1) is 17.6 Å². The van der Waals surface area contributed by atoms with Crippen molar-refractivity contribution in [3.63, 3.8) is 0 Å². The van der Waals surface area contributed by atoms with E-state index in [0.717, 1.165) is 49.2 Å². The molecule has 4 rings (SSSR count). The van der Waals surface area contributed by atoms with Crippen molar-refractivity contribution >= 4 is 38.2 Å². The third-order valence-corrected chi connectivity index (χ3v) is 9.80. The highest BCUT2D eigenvalue weighted by molar-refractivity contribution is 7.89. The van der Waals surface area contributed by atoms with E-state index in [1.165, 1.54) is 47.0 Å². The average Bonchev–Trinajstić information content (AvgIpc) is 3.00. The Bertz CT molecular complexity index is 1180. The molecular formula is C25H33N3O5S2. The van der Waals surface area contributed by atoms with Crippen LogP contribution in [0.5, 0.6) is 0 Å². The number of fused-ring (bicyclic) bond motifs is 1. The van der Waals surface area contributed by atoms with Gasteiger partial charge in [0.25, 0.3) is 5.91 Å². The molecule has 0 radical (unpaired) electrons. The molecule has 0 bridgehead atoms. The lowest BCUT2D eigenvalue weighted by Gasteiger charge is -2.30. The number of methoxy groups -OCH3 is 1. The lowest BCUT2D eigenvalue weighted by molar-refractivity contribution is 0.0600. The van der Waals surface area contributed by atoms with Crippen molar-refractivity contribution in [2.75, 3.05) is 32.1 Å². The molecule has 0 aliphatic carbocycles. The largest absolute Gasteiger partial charge is 0.465 e. The maximum Gasteiger partial charge on any atom is 0.341 e. The molecule has 1 amide bonds. The molecule has 3 heterocycles. The second-order valence-corrected chi connectivity index (χ2v) is 12.4. The smallest absolute Gasteiger partial charge is 0.341 e. The maximum atomic E-state index is 13.0. The van der Waals surface area contributed by atoms with Gasteiger partial charge in [-0.15, -0.1) is 11.3 Å². The van der Waals surface area contributed by atoms with Crippen LogP contribution in [0.4, 0.5) is 5.00 Å². The number of nitrogens with one attached hydrogen (secondary N) is 1. The second-order valence-electron chi connectivity index (χ2n) is 9.31. The SMILES string of the molecule is COC(=O)c1c(NC(=O)c2ccc(S(=O)(=O)N3CCCCCC3)cc2)sc2c1CCN(C(C)C)C2. The Morgan fingerprint density at radius 2 is 1.69 bits per heavy atom. The van der Waals surface area contributed by atoms with Crippen LogP contribution in [0.2, 0.25) is 0 Å². The van der Waals surface area contributed by atoms with Crippen LogP contribution < -0.4 is 5.32 Å². The van der Waals surface area contributed by atoms with Crippen LogP contribution >= 0.6 is 11.3 Å². The molecule has 35 heavy (non-hydrogen) atoms. The molecule has 1 saturated heterocycles. The van der Waals surface area contributed by atoms with Crippen LogP contribution in [0.25, 0.3) is 0 Å². The lowest BCUT2D eigenvalue weighted by atomic mass is 10.0. The molecule has 2 aliphatic heterocycles. The minimum absolute atomic E-state index is 0.187. The molecular weight excluding hydrogens is 486 g/mol. The first-order valence-electron chi connectivity index (χ1n) is 12.1. The fourth-order valence-corrected chi connectivity index (χ4v) is 7.43. The highest BCUT2D eigenvalue weighted by atomic mass is 32.2. The second kappa shape index (κ2) is 10.8. The van der Waals surface area contributed by atoms with Gasteiger partial charge in [-0.05, 0) is 62.9 Å². The number of hydrogen-bond acceptors (Lipinski definition) is 7. The number of amides is 1. The maximum absolute atomic E-state index is 13.0. The Balaban J connectivity index is 1.54. The van der Waals surface area contributed by atoms with E-state index in [9.17, 15) is 18.0 Å². The third-order valence-electron chi connectivity index (χ3n) is 6.75. The van der Waals surface area contributed by atoms with Gasteiger partial charge in [-0.1, -0.05) is 12.8 Å². The van der Waals surface area contributed by atoms with E-state index in [1.54, 1.807) is 0 Å². The number of sulfonamides is 1. The van der Waals surface area contributed by atoms with E-state index < -0.39 is 21.9 Å². The summed E-state index contributed by atoms with van der Waals surface area (Å²) >= 11 is 1.40. The Labute approximate surface area is 211 Å². The first-order valence-corrected chi connectivity index (χ1v) is 14.4. The zero-order valence-corrected chi connectivity index (χ0v) is 22.1. The molecule has 1 fully saturated rings. The molecule has 2 aliphatic rings. The number of rotatable bonds is 6. The Morgan fingerprint density at radius 3 is 2.29 bits per heavy atom. The van der Waals surface area contributed by atoms with Crippen molar-refractivity contribution in [1.82, 2.24) is 9.21 Å². The number of benzene rings is 1. The zero-order chi connectivity index (χ0) is 25.2. The molecule has 0 unspecified atom stereocenters. The summed E-state index contributed by atoms with van der Waals surface area (Å²) in [7, 11) is -2.25. The zero-order valence-electron chi connectivity index (χ0n) is 20.5. The first kappa shape index (κ1) is 25.8. The highest BCUT2D eigenvalue weighted by Crippen LogP contribution is 2.38. The summed E-state index contributed by atoms with van der Waals surface area (Å²) in [4.78, 5) is 29.2. The van der Waals surface area contributed by atoms with E-state index in [4.69, 9.17) is 4.74 Å². The molecule has 0 atom stereocenters. The number of esters is 1. The summed E-state index contributed by atoms with van der Waals surface area (Å²) in [5.74, 6) is -0.858. The van der Waals surface area contributed by atoms with Crippen LogP contribution in [-0.2, 0) is 27.7 Å². The van der Waals surface area contributed by atoms with Crippen LogP contribution in [0.15, 0.2) is 29.2 Å². The summed E-state index contributed by atoms with van der Waals surface area (Å²) < 4.78 is 32.6. The van der Waals surface area contributed by atoms with Crippen LogP contribution in [0.1, 0.15) is 70.7 Å². The summed E-state index contributed by atoms with van der Waals surface area (Å²) in [5.41, 5.74) is 1.68.